The number of anilines is 1. The summed E-state index contributed by atoms with van der Waals surface area (Å²) in [4.78, 5) is 2.51. The highest BCUT2D eigenvalue weighted by Gasteiger charge is 2.32. The second-order valence-electron chi connectivity index (χ2n) is 6.03. The van der Waals surface area contributed by atoms with Crippen molar-refractivity contribution in [3.05, 3.63) is 28.2 Å². The Hall–Kier alpha value is -0.540. The Morgan fingerprint density at radius 1 is 1.44 bits per heavy atom. The molecule has 1 aliphatic rings. The predicted molar refractivity (Wildman–Crippen MR) is 82.2 cm³/mol. The van der Waals surface area contributed by atoms with Crippen molar-refractivity contribution in [2.24, 2.45) is 5.73 Å². The summed E-state index contributed by atoms with van der Waals surface area (Å²) in [5, 5.41) is 0. The van der Waals surface area contributed by atoms with E-state index in [1.165, 1.54) is 28.6 Å². The summed E-state index contributed by atoms with van der Waals surface area (Å²) >= 11 is 3.72. The summed E-state index contributed by atoms with van der Waals surface area (Å²) in [7, 11) is 0. The maximum absolute atomic E-state index is 5.85. The molecule has 1 unspecified atom stereocenters. The van der Waals surface area contributed by atoms with Gasteiger partial charge in [0, 0.05) is 22.6 Å². The van der Waals surface area contributed by atoms with Gasteiger partial charge in [-0.3, -0.25) is 0 Å². The number of halogens is 1. The van der Waals surface area contributed by atoms with E-state index in [9.17, 15) is 0 Å². The molecule has 1 aromatic rings. The molecule has 2 N–H and O–H groups in total. The van der Waals surface area contributed by atoms with Gasteiger partial charge in [0.25, 0.3) is 0 Å². The van der Waals surface area contributed by atoms with E-state index in [1.807, 2.05) is 6.92 Å². The quantitative estimate of drug-likeness (QED) is 0.922. The summed E-state index contributed by atoms with van der Waals surface area (Å²) in [6.07, 6.45) is 3.48. The molecule has 1 heterocycles. The van der Waals surface area contributed by atoms with Crippen LogP contribution >= 0.6 is 15.9 Å². The largest absolute Gasteiger partial charge is 0.366 e. The maximum Gasteiger partial charge on any atom is 0.0515 e. The van der Waals surface area contributed by atoms with Crippen molar-refractivity contribution in [3.63, 3.8) is 0 Å². The van der Waals surface area contributed by atoms with Gasteiger partial charge < -0.3 is 10.6 Å². The molecule has 2 rings (SSSR count). The fraction of sp³-hybridized carbons (Fsp3) is 0.600. The first-order chi connectivity index (χ1) is 8.40. The Morgan fingerprint density at radius 2 is 2.17 bits per heavy atom. The standard InChI is InChI=1S/C15H23BrN2/c1-11(17)9-12-5-6-14(13(16)10-12)18-8-4-7-15(18,2)3/h5-6,10-11H,4,7-9,17H2,1-3H3. The highest BCUT2D eigenvalue weighted by atomic mass is 79.9. The van der Waals surface area contributed by atoms with E-state index in [4.69, 9.17) is 5.73 Å². The monoisotopic (exact) mass is 310 g/mol. The van der Waals surface area contributed by atoms with Crippen LogP contribution in [0.25, 0.3) is 0 Å². The molecule has 2 nitrogen and oxygen atoms in total. The van der Waals surface area contributed by atoms with Crippen molar-refractivity contribution in [1.29, 1.82) is 0 Å². The summed E-state index contributed by atoms with van der Waals surface area (Å²) < 4.78 is 1.19. The zero-order chi connectivity index (χ0) is 13.3. The second-order valence-corrected chi connectivity index (χ2v) is 6.89. The molecule has 0 bridgehead atoms. The molecule has 0 aliphatic carbocycles. The average Bonchev–Trinajstić information content (AvgIpc) is 2.57. The number of hydrogen-bond donors (Lipinski definition) is 1. The zero-order valence-corrected chi connectivity index (χ0v) is 13.1. The molecule has 100 valence electrons. The fourth-order valence-corrected chi connectivity index (χ4v) is 3.46. The molecule has 0 radical (unpaired) electrons. The van der Waals surface area contributed by atoms with Crippen LogP contribution in [0, 0.1) is 0 Å². The van der Waals surface area contributed by atoms with Crippen LogP contribution in [0.15, 0.2) is 22.7 Å². The predicted octanol–water partition coefficient (Wildman–Crippen LogP) is 3.72. The lowest BCUT2D eigenvalue weighted by Gasteiger charge is -2.34. The Morgan fingerprint density at radius 3 is 2.67 bits per heavy atom. The molecule has 0 spiro atoms. The molecule has 0 aromatic heterocycles. The van der Waals surface area contributed by atoms with Crippen LogP contribution in [0.3, 0.4) is 0 Å². The third kappa shape index (κ3) is 2.89. The highest BCUT2D eigenvalue weighted by Crippen LogP contribution is 2.38. The topological polar surface area (TPSA) is 29.3 Å². The fourth-order valence-electron chi connectivity index (χ4n) is 2.82. The van der Waals surface area contributed by atoms with E-state index in [-0.39, 0.29) is 11.6 Å². The van der Waals surface area contributed by atoms with Gasteiger partial charge in [0.2, 0.25) is 0 Å². The molecular weight excluding hydrogens is 288 g/mol. The van der Waals surface area contributed by atoms with Crippen LogP contribution in [-0.4, -0.2) is 18.1 Å². The van der Waals surface area contributed by atoms with Crippen molar-refractivity contribution >= 4 is 21.6 Å². The van der Waals surface area contributed by atoms with Crippen molar-refractivity contribution < 1.29 is 0 Å². The lowest BCUT2D eigenvalue weighted by molar-refractivity contribution is 0.517. The van der Waals surface area contributed by atoms with Crippen LogP contribution < -0.4 is 10.6 Å². The third-order valence-corrected chi connectivity index (χ3v) is 4.40. The zero-order valence-electron chi connectivity index (χ0n) is 11.5. The molecule has 0 amide bonds. The molecule has 1 fully saturated rings. The van der Waals surface area contributed by atoms with Crippen molar-refractivity contribution in [2.45, 2.75) is 51.6 Å². The van der Waals surface area contributed by atoms with Gasteiger partial charge in [0.05, 0.1) is 5.69 Å². The van der Waals surface area contributed by atoms with Crippen molar-refractivity contribution in [1.82, 2.24) is 0 Å². The summed E-state index contributed by atoms with van der Waals surface area (Å²) in [6, 6.07) is 6.87. The average molecular weight is 311 g/mol. The number of rotatable bonds is 3. The lowest BCUT2D eigenvalue weighted by atomic mass is 10.0. The van der Waals surface area contributed by atoms with Gasteiger partial charge in [0.15, 0.2) is 0 Å². The van der Waals surface area contributed by atoms with Gasteiger partial charge in [0.1, 0.15) is 0 Å². The molecule has 1 atom stereocenters. The van der Waals surface area contributed by atoms with Crippen LogP contribution in [0.5, 0.6) is 0 Å². The third-order valence-electron chi connectivity index (χ3n) is 3.76. The van der Waals surface area contributed by atoms with E-state index < -0.39 is 0 Å². The normalized spacial score (nSPS) is 20.2. The molecule has 18 heavy (non-hydrogen) atoms. The van der Waals surface area contributed by atoms with E-state index in [1.54, 1.807) is 0 Å². The van der Waals surface area contributed by atoms with E-state index in [0.29, 0.717) is 0 Å². The maximum atomic E-state index is 5.85. The summed E-state index contributed by atoms with van der Waals surface area (Å²) in [5.41, 5.74) is 8.74. The summed E-state index contributed by atoms with van der Waals surface area (Å²) in [5.74, 6) is 0. The van der Waals surface area contributed by atoms with Gasteiger partial charge in [-0.05, 0) is 73.7 Å². The van der Waals surface area contributed by atoms with Crippen LogP contribution in [0.4, 0.5) is 5.69 Å². The van der Waals surface area contributed by atoms with Gasteiger partial charge in [-0.25, -0.2) is 0 Å². The van der Waals surface area contributed by atoms with Gasteiger partial charge in [-0.1, -0.05) is 6.07 Å². The molecule has 1 aromatic carbocycles. The molecule has 3 heteroatoms. The first kappa shape index (κ1) is 13.9. The van der Waals surface area contributed by atoms with Crippen molar-refractivity contribution in [2.75, 3.05) is 11.4 Å². The lowest BCUT2D eigenvalue weighted by Crippen LogP contribution is -2.38. The van der Waals surface area contributed by atoms with Crippen LogP contribution in [0.2, 0.25) is 0 Å². The summed E-state index contributed by atoms with van der Waals surface area (Å²) in [6.45, 7) is 7.84. The minimum Gasteiger partial charge on any atom is -0.366 e. The Kier molecular flexibility index (Phi) is 4.02. The molecule has 1 aliphatic heterocycles. The number of benzene rings is 1. The van der Waals surface area contributed by atoms with Gasteiger partial charge in [-0.15, -0.1) is 0 Å². The first-order valence-corrected chi connectivity index (χ1v) is 7.51. The van der Waals surface area contributed by atoms with Crippen molar-refractivity contribution in [3.8, 4) is 0 Å². The number of nitrogens with zero attached hydrogens (tertiary/aromatic N) is 1. The first-order valence-electron chi connectivity index (χ1n) is 6.72. The SMILES string of the molecule is CC(N)Cc1ccc(N2CCCC2(C)C)c(Br)c1. The van der Waals surface area contributed by atoms with Gasteiger partial charge in [-0.2, -0.15) is 0 Å². The minimum atomic E-state index is 0.214. The Bertz CT molecular complexity index is 427. The number of nitrogens with two attached hydrogens (primary N) is 1. The smallest absolute Gasteiger partial charge is 0.0515 e. The van der Waals surface area contributed by atoms with E-state index >= 15 is 0 Å². The molecular formula is C15H23BrN2. The minimum absolute atomic E-state index is 0.214. The number of hydrogen-bond acceptors (Lipinski definition) is 2. The van der Waals surface area contributed by atoms with E-state index in [2.05, 4.69) is 52.9 Å². The van der Waals surface area contributed by atoms with Crippen LogP contribution in [0.1, 0.15) is 39.2 Å². The molecule has 0 saturated carbocycles. The van der Waals surface area contributed by atoms with Crippen LogP contribution in [-0.2, 0) is 6.42 Å². The van der Waals surface area contributed by atoms with E-state index in [0.717, 1.165) is 13.0 Å². The second kappa shape index (κ2) is 5.22. The Labute approximate surface area is 119 Å². The molecule has 1 saturated heterocycles. The Balaban J connectivity index is 2.25. The highest BCUT2D eigenvalue weighted by molar-refractivity contribution is 9.10. The van der Waals surface area contributed by atoms with Gasteiger partial charge >= 0.3 is 0 Å².